The fourth-order valence-electron chi connectivity index (χ4n) is 4.91. The van der Waals surface area contributed by atoms with Gasteiger partial charge in [-0.1, -0.05) is 73.7 Å². The number of nitrogens with one attached hydrogen (secondary N) is 1. The lowest BCUT2D eigenvalue weighted by Gasteiger charge is -2.30. The van der Waals surface area contributed by atoms with Gasteiger partial charge in [0.2, 0.25) is 17.7 Å². The van der Waals surface area contributed by atoms with Gasteiger partial charge in [-0.25, -0.2) is 4.68 Å². The highest BCUT2D eigenvalue weighted by Crippen LogP contribution is 2.27. The normalized spacial score (nSPS) is 18.8. The van der Waals surface area contributed by atoms with E-state index in [-0.39, 0.29) is 31.2 Å². The molecule has 0 saturated carbocycles. The smallest absolute Gasteiger partial charge is 0.248 e. The summed E-state index contributed by atoms with van der Waals surface area (Å²) in [7, 11) is 0. The standard InChI is InChI=1S/C28H34N6O4/c1-17(2)25(34-18(3)15-30-32-34)28(38)33-16-22(35)14-24(33)27(37)31-23(26(29)36)13-19-9-11-21(12-10-19)20-7-5-4-6-8-20/h4-12,15,17,22-25,35H,13-14,16H2,1-3H3,(H2,29,36)(H,31,37)/t22-,23-,24+,25+/m1/s1. The second-order valence-corrected chi connectivity index (χ2v) is 10.1. The van der Waals surface area contributed by atoms with Crippen LogP contribution in [0, 0.1) is 12.8 Å². The van der Waals surface area contributed by atoms with Crippen LogP contribution in [0.2, 0.25) is 0 Å². The Kier molecular flexibility index (Phi) is 8.21. The number of β-amino-alcohol motifs (C(OH)–C–C–N with tert-alkyl or cyclic N) is 1. The van der Waals surface area contributed by atoms with Crippen LogP contribution in [0.3, 0.4) is 0 Å². The highest BCUT2D eigenvalue weighted by molar-refractivity contribution is 5.93. The predicted octanol–water partition coefficient (Wildman–Crippen LogP) is 1.63. The van der Waals surface area contributed by atoms with Crippen molar-refractivity contribution in [1.29, 1.82) is 0 Å². The van der Waals surface area contributed by atoms with Gasteiger partial charge in [-0.2, -0.15) is 0 Å². The Balaban J connectivity index is 1.48. The van der Waals surface area contributed by atoms with Crippen LogP contribution >= 0.6 is 0 Å². The zero-order valence-corrected chi connectivity index (χ0v) is 21.8. The largest absolute Gasteiger partial charge is 0.391 e. The van der Waals surface area contributed by atoms with Crippen LogP contribution in [-0.4, -0.2) is 67.5 Å². The number of aliphatic hydroxyl groups excluding tert-OH is 1. The summed E-state index contributed by atoms with van der Waals surface area (Å²) >= 11 is 0. The molecule has 4 rings (SSSR count). The van der Waals surface area contributed by atoms with Gasteiger partial charge < -0.3 is 21.1 Å². The van der Waals surface area contributed by atoms with Gasteiger partial charge in [0, 0.05) is 19.4 Å². The second-order valence-electron chi connectivity index (χ2n) is 10.1. The Morgan fingerprint density at radius 1 is 1.08 bits per heavy atom. The van der Waals surface area contributed by atoms with Crippen LogP contribution in [0.5, 0.6) is 0 Å². The zero-order valence-electron chi connectivity index (χ0n) is 21.8. The number of aliphatic hydroxyl groups is 1. The average Bonchev–Trinajstić information content (AvgIpc) is 3.49. The Bertz CT molecular complexity index is 1270. The SMILES string of the molecule is Cc1cnnn1[C@H](C(=O)N1C[C@H](O)C[C@H]1C(=O)N[C@H](Cc1ccc(-c2ccccc2)cc1)C(N)=O)C(C)C. The van der Waals surface area contributed by atoms with Crippen molar-refractivity contribution in [2.75, 3.05) is 6.54 Å². The molecule has 3 amide bonds. The summed E-state index contributed by atoms with van der Waals surface area (Å²) in [6, 6.07) is 15.0. The first-order chi connectivity index (χ1) is 18.2. The third-order valence-electron chi connectivity index (χ3n) is 6.93. The maximum atomic E-state index is 13.6. The van der Waals surface area contributed by atoms with Crippen molar-refractivity contribution in [1.82, 2.24) is 25.2 Å². The third kappa shape index (κ3) is 5.91. The van der Waals surface area contributed by atoms with E-state index in [9.17, 15) is 19.5 Å². The molecular formula is C28H34N6O4. The minimum Gasteiger partial charge on any atom is -0.391 e. The highest BCUT2D eigenvalue weighted by Gasteiger charge is 2.43. The molecule has 0 radical (unpaired) electrons. The highest BCUT2D eigenvalue weighted by atomic mass is 16.3. The van der Waals surface area contributed by atoms with Crippen LogP contribution in [0.25, 0.3) is 11.1 Å². The molecule has 4 N–H and O–H groups in total. The van der Waals surface area contributed by atoms with Gasteiger partial charge in [-0.15, -0.1) is 5.10 Å². The molecule has 2 heterocycles. The Hall–Kier alpha value is -4.05. The average molecular weight is 519 g/mol. The van der Waals surface area contributed by atoms with Crippen molar-refractivity contribution in [3.05, 3.63) is 72.1 Å². The van der Waals surface area contributed by atoms with E-state index in [4.69, 9.17) is 5.73 Å². The second kappa shape index (κ2) is 11.6. The number of nitrogens with two attached hydrogens (primary N) is 1. The number of amides is 3. The van der Waals surface area contributed by atoms with Crippen LogP contribution < -0.4 is 11.1 Å². The van der Waals surface area contributed by atoms with Gasteiger partial charge in [-0.05, 0) is 29.5 Å². The summed E-state index contributed by atoms with van der Waals surface area (Å²) < 4.78 is 1.54. The fourth-order valence-corrected chi connectivity index (χ4v) is 4.91. The molecular weight excluding hydrogens is 484 g/mol. The first-order valence-corrected chi connectivity index (χ1v) is 12.7. The molecule has 4 atom stereocenters. The number of carbonyl (C=O) groups excluding carboxylic acids is 3. The summed E-state index contributed by atoms with van der Waals surface area (Å²) in [5.41, 5.74) is 9.29. The number of aryl methyl sites for hydroxylation is 1. The maximum absolute atomic E-state index is 13.6. The lowest BCUT2D eigenvalue weighted by Crippen LogP contribution is -2.54. The quantitative estimate of drug-likeness (QED) is 0.393. The monoisotopic (exact) mass is 518 g/mol. The molecule has 0 bridgehead atoms. The van der Waals surface area contributed by atoms with Gasteiger partial charge in [0.25, 0.3) is 0 Å². The summed E-state index contributed by atoms with van der Waals surface area (Å²) in [6.45, 7) is 5.58. The number of hydrogen-bond donors (Lipinski definition) is 3. The molecule has 3 aromatic rings. The molecule has 10 heteroatoms. The van der Waals surface area contributed by atoms with E-state index in [2.05, 4.69) is 15.6 Å². The van der Waals surface area contributed by atoms with Crippen molar-refractivity contribution in [2.45, 2.75) is 57.8 Å². The molecule has 1 aromatic heterocycles. The number of nitrogens with zero attached hydrogens (tertiary/aromatic N) is 4. The number of aromatic nitrogens is 3. The van der Waals surface area contributed by atoms with Gasteiger partial charge in [0.05, 0.1) is 18.0 Å². The van der Waals surface area contributed by atoms with E-state index in [1.807, 2.05) is 68.4 Å². The molecule has 0 unspecified atom stereocenters. The lowest BCUT2D eigenvalue weighted by molar-refractivity contribution is -0.143. The van der Waals surface area contributed by atoms with Crippen molar-refractivity contribution in [3.8, 4) is 11.1 Å². The van der Waals surface area contributed by atoms with Crippen molar-refractivity contribution in [2.24, 2.45) is 11.7 Å². The van der Waals surface area contributed by atoms with Crippen molar-refractivity contribution >= 4 is 17.7 Å². The van der Waals surface area contributed by atoms with Gasteiger partial charge >= 0.3 is 0 Å². The maximum Gasteiger partial charge on any atom is 0.248 e. The molecule has 1 aliphatic rings. The molecule has 10 nitrogen and oxygen atoms in total. The molecule has 200 valence electrons. The van der Waals surface area contributed by atoms with Crippen LogP contribution in [0.15, 0.2) is 60.8 Å². The number of likely N-dealkylation sites (tertiary alicyclic amines) is 1. The van der Waals surface area contributed by atoms with E-state index in [1.165, 1.54) is 9.58 Å². The van der Waals surface area contributed by atoms with Crippen LogP contribution in [0.1, 0.15) is 37.6 Å². The van der Waals surface area contributed by atoms with E-state index in [0.29, 0.717) is 5.69 Å². The zero-order chi connectivity index (χ0) is 27.4. The Morgan fingerprint density at radius 3 is 2.32 bits per heavy atom. The Labute approximate surface area is 221 Å². The van der Waals surface area contributed by atoms with Gasteiger partial charge in [-0.3, -0.25) is 14.4 Å². The first-order valence-electron chi connectivity index (χ1n) is 12.7. The molecule has 0 spiro atoms. The minimum atomic E-state index is -0.974. The first kappa shape index (κ1) is 27.0. The molecule has 1 saturated heterocycles. The predicted molar refractivity (Wildman–Crippen MR) is 141 cm³/mol. The van der Waals surface area contributed by atoms with Crippen molar-refractivity contribution < 1.29 is 19.5 Å². The molecule has 1 aliphatic heterocycles. The van der Waals surface area contributed by atoms with Gasteiger partial charge in [0.1, 0.15) is 18.1 Å². The van der Waals surface area contributed by atoms with E-state index >= 15 is 0 Å². The van der Waals surface area contributed by atoms with E-state index in [1.54, 1.807) is 13.1 Å². The molecule has 1 fully saturated rings. The molecule has 38 heavy (non-hydrogen) atoms. The lowest BCUT2D eigenvalue weighted by atomic mass is 10.00. The van der Waals surface area contributed by atoms with Crippen LogP contribution in [-0.2, 0) is 20.8 Å². The number of hydrogen-bond acceptors (Lipinski definition) is 6. The number of benzene rings is 2. The summed E-state index contributed by atoms with van der Waals surface area (Å²) in [5.74, 6) is -1.68. The van der Waals surface area contributed by atoms with Crippen molar-refractivity contribution in [3.63, 3.8) is 0 Å². The fraction of sp³-hybridized carbons (Fsp3) is 0.393. The summed E-state index contributed by atoms with van der Waals surface area (Å²) in [6.07, 6.45) is 0.967. The molecule has 0 aliphatic carbocycles. The van der Waals surface area contributed by atoms with Crippen LogP contribution in [0.4, 0.5) is 0 Å². The van der Waals surface area contributed by atoms with Gasteiger partial charge in [0.15, 0.2) is 0 Å². The topological polar surface area (TPSA) is 143 Å². The van der Waals surface area contributed by atoms with E-state index in [0.717, 1.165) is 16.7 Å². The summed E-state index contributed by atoms with van der Waals surface area (Å²) in [5, 5.41) is 21.0. The number of primary amides is 1. The minimum absolute atomic E-state index is 0.00999. The Morgan fingerprint density at radius 2 is 1.74 bits per heavy atom. The van der Waals surface area contributed by atoms with E-state index < -0.39 is 36.0 Å². The third-order valence-corrected chi connectivity index (χ3v) is 6.93. The number of rotatable bonds is 9. The number of carbonyl (C=O) groups is 3. The molecule has 2 aromatic carbocycles. The summed E-state index contributed by atoms with van der Waals surface area (Å²) in [4.78, 5) is 40.6.